The molecule has 3 amide bonds. The Morgan fingerprint density at radius 2 is 1.76 bits per heavy atom. The maximum atomic E-state index is 15.9. The largest absolute Gasteiger partial charge is 0.479 e. The lowest BCUT2D eigenvalue weighted by molar-refractivity contribution is -0.147. The van der Waals surface area contributed by atoms with Crippen molar-refractivity contribution < 1.29 is 56.1 Å². The summed E-state index contributed by atoms with van der Waals surface area (Å²) in [5.74, 6) is -9.50. The number of hydrogen-bond donors (Lipinski definition) is 3. The van der Waals surface area contributed by atoms with Crippen LogP contribution < -0.4 is 15.4 Å². The molecular weight excluding hydrogens is 682 g/mol. The molecule has 2 bridgehead atoms. The number of alkyl carbamates (subject to hydrolysis) is 1. The number of alkyl halides is 4. The number of aromatic nitrogens is 2. The Balaban J connectivity index is 1.41. The number of aliphatic carboxylic acids is 1. The van der Waals surface area contributed by atoms with Crippen LogP contribution in [0.5, 0.6) is 5.88 Å². The van der Waals surface area contributed by atoms with E-state index < -0.39 is 108 Å². The number of rotatable bonds is 4. The molecule has 1 aromatic carbocycles. The number of benzene rings is 1. The molecule has 51 heavy (non-hydrogen) atoms. The average molecular weight is 722 g/mol. The molecule has 6 rings (SSSR count). The van der Waals surface area contributed by atoms with Crippen molar-refractivity contribution in [1.82, 2.24) is 25.5 Å². The predicted molar refractivity (Wildman–Crippen MR) is 170 cm³/mol. The van der Waals surface area contributed by atoms with Crippen LogP contribution in [0.3, 0.4) is 0 Å². The fraction of sp³-hybridized carbons (Fsp3) is 0.588. The molecule has 276 valence electrons. The first-order valence-electron chi connectivity index (χ1n) is 16.7. The minimum atomic E-state index is -3.74. The van der Waals surface area contributed by atoms with Gasteiger partial charge in [0.15, 0.2) is 5.69 Å². The van der Waals surface area contributed by atoms with Crippen molar-refractivity contribution in [2.75, 3.05) is 13.2 Å². The van der Waals surface area contributed by atoms with Gasteiger partial charge in [-0.2, -0.15) is 8.78 Å². The number of fused-ring (bicyclic) bond motifs is 5. The number of amides is 3. The van der Waals surface area contributed by atoms with Gasteiger partial charge in [0.2, 0.25) is 24.1 Å². The third kappa shape index (κ3) is 7.30. The molecule has 13 nitrogen and oxygen atoms in total. The van der Waals surface area contributed by atoms with Crippen LogP contribution >= 0.6 is 0 Å². The lowest BCUT2D eigenvalue weighted by Crippen LogP contribution is -2.59. The molecule has 2 aliphatic carbocycles. The van der Waals surface area contributed by atoms with Crippen LogP contribution in [0.15, 0.2) is 36.4 Å². The van der Waals surface area contributed by atoms with Crippen molar-refractivity contribution in [2.45, 2.75) is 101 Å². The van der Waals surface area contributed by atoms with Crippen LogP contribution in [0.2, 0.25) is 0 Å². The number of nitrogens with zero attached hydrogens (tertiary/aromatic N) is 3. The van der Waals surface area contributed by atoms with Crippen molar-refractivity contribution in [1.29, 1.82) is 0 Å². The Kier molecular flexibility index (Phi) is 9.63. The first-order chi connectivity index (χ1) is 24.0. The van der Waals surface area contributed by atoms with Crippen molar-refractivity contribution in [2.24, 2.45) is 11.3 Å². The smallest absolute Gasteiger partial charge is 0.408 e. The standard InChI is InChI=1S/C34H39F4N5O8/c1-32(2,3)25-29(45)43-16-17(14-21(43)27(44)42-33(30(46)47)15-18(33)26(35)36)50-28-24(39-19-8-4-5-9-20(19)40-28)34(37,38)12-7-13-49-22-10-6-11-23(22)51-31(48)41-25/h4-5,7-9,12,17-18,21-23,25-26H,6,10-11,13-16H2,1-3H3,(H,41,48)(H,42,44)(H,46,47)/b12-7+/t17-,18+,21+,22-,23-,25-,33-/m1/s1. The van der Waals surface area contributed by atoms with Crippen LogP contribution in [0.25, 0.3) is 11.0 Å². The highest BCUT2D eigenvalue weighted by molar-refractivity contribution is 5.96. The molecule has 3 fully saturated rings. The number of carbonyl (C=O) groups excluding carboxylic acids is 3. The van der Waals surface area contributed by atoms with E-state index in [2.05, 4.69) is 20.6 Å². The molecule has 0 radical (unpaired) electrons. The van der Waals surface area contributed by atoms with Gasteiger partial charge in [-0.15, -0.1) is 0 Å². The quantitative estimate of drug-likeness (QED) is 0.311. The van der Waals surface area contributed by atoms with Crippen LogP contribution in [-0.2, 0) is 29.8 Å². The van der Waals surface area contributed by atoms with Gasteiger partial charge >= 0.3 is 18.0 Å². The van der Waals surface area contributed by atoms with Crippen LogP contribution in [-0.4, -0.2) is 99.4 Å². The SMILES string of the molecule is CC(C)(C)[C@@H]1NC(=O)O[C@@H]2CCC[C@H]2OC/C=C/C(F)(F)c2nc3ccccc3nc2O[C@@H]2C[C@@H](C(=O)N[C@]3(C(=O)O)C[C@H]3C(F)F)N(C2)C1=O. The number of carboxylic acids is 1. The van der Waals surface area contributed by atoms with Crippen molar-refractivity contribution in [3.8, 4) is 5.88 Å². The highest BCUT2D eigenvalue weighted by Gasteiger charge is 2.66. The summed E-state index contributed by atoms with van der Waals surface area (Å²) in [6, 6.07) is 3.44. The molecule has 0 spiro atoms. The molecule has 1 aromatic heterocycles. The topological polar surface area (TPSA) is 169 Å². The van der Waals surface area contributed by atoms with E-state index in [1.54, 1.807) is 32.9 Å². The van der Waals surface area contributed by atoms with E-state index in [1.165, 1.54) is 12.1 Å². The highest BCUT2D eigenvalue weighted by Crippen LogP contribution is 2.48. The molecule has 7 atom stereocenters. The van der Waals surface area contributed by atoms with Crippen molar-refractivity contribution >= 4 is 34.9 Å². The molecule has 0 unspecified atom stereocenters. The Morgan fingerprint density at radius 3 is 2.41 bits per heavy atom. The van der Waals surface area contributed by atoms with Gasteiger partial charge in [0.05, 0.1) is 36.2 Å². The lowest BCUT2D eigenvalue weighted by Gasteiger charge is -2.35. The summed E-state index contributed by atoms with van der Waals surface area (Å²) in [4.78, 5) is 62.9. The van der Waals surface area contributed by atoms with E-state index in [1.807, 2.05) is 0 Å². The molecule has 1 saturated heterocycles. The van der Waals surface area contributed by atoms with Gasteiger partial charge in [-0.05, 0) is 49.3 Å². The van der Waals surface area contributed by atoms with Crippen molar-refractivity contribution in [3.05, 3.63) is 42.1 Å². The minimum Gasteiger partial charge on any atom is -0.479 e. The summed E-state index contributed by atoms with van der Waals surface area (Å²) < 4.78 is 76.4. The van der Waals surface area contributed by atoms with Gasteiger partial charge in [-0.1, -0.05) is 39.0 Å². The summed E-state index contributed by atoms with van der Waals surface area (Å²) in [5.41, 5.74) is -3.71. The van der Waals surface area contributed by atoms with Crippen molar-refractivity contribution in [3.63, 3.8) is 0 Å². The number of halogens is 4. The van der Waals surface area contributed by atoms with Gasteiger partial charge in [0.1, 0.15) is 29.8 Å². The van der Waals surface area contributed by atoms with Crippen LogP contribution in [0, 0.1) is 11.3 Å². The molecule has 2 aromatic rings. The molecule has 3 heterocycles. The van der Waals surface area contributed by atoms with Crippen LogP contribution in [0.1, 0.15) is 58.6 Å². The molecule has 3 N–H and O–H groups in total. The van der Waals surface area contributed by atoms with Gasteiger partial charge in [-0.25, -0.2) is 28.3 Å². The predicted octanol–water partition coefficient (Wildman–Crippen LogP) is 3.94. The maximum absolute atomic E-state index is 15.9. The van der Waals surface area contributed by atoms with E-state index in [0.29, 0.717) is 25.3 Å². The number of carboxylic acid groups (broad SMARTS) is 1. The maximum Gasteiger partial charge on any atom is 0.408 e. The number of hydrogen-bond acceptors (Lipinski definition) is 9. The fourth-order valence-corrected chi connectivity index (χ4v) is 6.93. The Hall–Kier alpha value is -4.54. The molecule has 4 aliphatic rings. The Morgan fingerprint density at radius 1 is 1.08 bits per heavy atom. The molecular formula is C34H39F4N5O8. The summed E-state index contributed by atoms with van der Waals surface area (Å²) in [5, 5.41) is 14.6. The zero-order chi connectivity index (χ0) is 36.9. The number of para-hydroxylation sites is 2. The Labute approximate surface area is 290 Å². The number of ether oxygens (including phenoxy) is 3. The van der Waals surface area contributed by atoms with Gasteiger partial charge < -0.3 is 34.9 Å². The summed E-state index contributed by atoms with van der Waals surface area (Å²) >= 11 is 0. The third-order valence-electron chi connectivity index (χ3n) is 9.79. The van der Waals surface area contributed by atoms with E-state index in [9.17, 15) is 33.1 Å². The molecule has 2 aliphatic heterocycles. The van der Waals surface area contributed by atoms with E-state index in [-0.39, 0.29) is 24.1 Å². The zero-order valence-electron chi connectivity index (χ0n) is 28.1. The van der Waals surface area contributed by atoms with Crippen LogP contribution in [0.4, 0.5) is 22.4 Å². The second kappa shape index (κ2) is 13.5. The van der Waals surface area contributed by atoms with E-state index in [4.69, 9.17) is 14.2 Å². The number of allylic oxidation sites excluding steroid dienone is 1. The second-order valence-corrected chi connectivity index (χ2v) is 14.5. The summed E-state index contributed by atoms with van der Waals surface area (Å²) in [6.45, 7) is 4.34. The minimum absolute atomic E-state index is 0.151. The zero-order valence-corrected chi connectivity index (χ0v) is 28.1. The van der Waals surface area contributed by atoms with Gasteiger partial charge in [0, 0.05) is 6.42 Å². The molecule has 17 heteroatoms. The normalized spacial score (nSPS) is 31.7. The third-order valence-corrected chi connectivity index (χ3v) is 9.79. The fourth-order valence-electron chi connectivity index (χ4n) is 6.93. The monoisotopic (exact) mass is 721 g/mol. The summed E-state index contributed by atoms with van der Waals surface area (Å²) in [6.07, 6.45) is -4.13. The number of carbonyl (C=O) groups is 4. The first-order valence-corrected chi connectivity index (χ1v) is 16.7. The molecule has 2 saturated carbocycles. The van der Waals surface area contributed by atoms with E-state index >= 15 is 8.78 Å². The average Bonchev–Trinajstić information content (AvgIpc) is 3.39. The first kappa shape index (κ1) is 36.3. The van der Waals surface area contributed by atoms with Gasteiger partial charge in [-0.3, -0.25) is 9.59 Å². The van der Waals surface area contributed by atoms with Gasteiger partial charge in [0.25, 0.3) is 0 Å². The summed E-state index contributed by atoms with van der Waals surface area (Å²) in [7, 11) is 0. The lowest BCUT2D eigenvalue weighted by atomic mass is 9.85. The second-order valence-electron chi connectivity index (χ2n) is 14.5. The Bertz CT molecular complexity index is 1740. The van der Waals surface area contributed by atoms with E-state index in [0.717, 1.165) is 11.0 Å². The highest BCUT2D eigenvalue weighted by atomic mass is 19.3. The number of nitrogens with one attached hydrogen (secondary N) is 2.